The number of rotatable bonds is 2. The molecule has 0 saturated carbocycles. The number of carbonyl (C=O) groups is 1. The zero-order valence-electron chi connectivity index (χ0n) is 8.20. The van der Waals surface area contributed by atoms with E-state index in [1.807, 2.05) is 12.1 Å². The third kappa shape index (κ3) is 2.58. The standard InChI is InChI=1S/C11H14O2/c1-11(2,3)9-4-6-10(7-5-9)13-8-12/h4-8H,1-3H3. The van der Waals surface area contributed by atoms with E-state index in [1.54, 1.807) is 12.1 Å². The summed E-state index contributed by atoms with van der Waals surface area (Å²) in [4.78, 5) is 10.0. The molecule has 2 nitrogen and oxygen atoms in total. The summed E-state index contributed by atoms with van der Waals surface area (Å²) < 4.78 is 4.69. The number of hydrogen-bond donors (Lipinski definition) is 0. The molecule has 0 N–H and O–H groups in total. The van der Waals surface area contributed by atoms with E-state index in [1.165, 1.54) is 5.56 Å². The van der Waals surface area contributed by atoms with Crippen LogP contribution in [0.1, 0.15) is 26.3 Å². The van der Waals surface area contributed by atoms with Crippen molar-refractivity contribution in [1.29, 1.82) is 0 Å². The van der Waals surface area contributed by atoms with Crippen LogP contribution < -0.4 is 4.74 Å². The average molecular weight is 178 g/mol. The van der Waals surface area contributed by atoms with Crippen molar-refractivity contribution in [2.24, 2.45) is 0 Å². The minimum absolute atomic E-state index is 0.139. The summed E-state index contributed by atoms with van der Waals surface area (Å²) in [6.45, 7) is 6.86. The Morgan fingerprint density at radius 2 is 1.69 bits per heavy atom. The SMILES string of the molecule is CC(C)(C)c1ccc(OC=O)cc1. The maximum Gasteiger partial charge on any atom is 0.298 e. The smallest absolute Gasteiger partial charge is 0.298 e. The van der Waals surface area contributed by atoms with Crippen LogP contribution in [-0.2, 0) is 10.2 Å². The Hall–Kier alpha value is -1.31. The molecule has 1 aromatic rings. The Kier molecular flexibility index (Phi) is 2.71. The summed E-state index contributed by atoms with van der Waals surface area (Å²) in [5.41, 5.74) is 1.37. The second-order valence-corrected chi connectivity index (χ2v) is 3.99. The molecule has 0 fully saturated rings. The predicted octanol–water partition coefficient (Wildman–Crippen LogP) is 2.52. The van der Waals surface area contributed by atoms with E-state index >= 15 is 0 Å². The van der Waals surface area contributed by atoms with Gasteiger partial charge in [0.25, 0.3) is 6.47 Å². The van der Waals surface area contributed by atoms with Gasteiger partial charge in [-0.15, -0.1) is 0 Å². The fourth-order valence-corrected chi connectivity index (χ4v) is 1.09. The van der Waals surface area contributed by atoms with Crippen molar-refractivity contribution >= 4 is 6.47 Å². The van der Waals surface area contributed by atoms with Gasteiger partial charge in [0.2, 0.25) is 0 Å². The molecule has 0 unspecified atom stereocenters. The largest absolute Gasteiger partial charge is 0.429 e. The minimum atomic E-state index is 0.139. The molecule has 0 bridgehead atoms. The number of benzene rings is 1. The van der Waals surface area contributed by atoms with Gasteiger partial charge in [-0.3, -0.25) is 4.79 Å². The van der Waals surface area contributed by atoms with Gasteiger partial charge in [-0.2, -0.15) is 0 Å². The van der Waals surface area contributed by atoms with Crippen molar-refractivity contribution in [2.45, 2.75) is 26.2 Å². The highest BCUT2D eigenvalue weighted by Crippen LogP contribution is 2.23. The molecule has 1 aromatic carbocycles. The molecule has 0 saturated heterocycles. The van der Waals surface area contributed by atoms with Gasteiger partial charge in [0, 0.05) is 0 Å². The van der Waals surface area contributed by atoms with Gasteiger partial charge in [0.05, 0.1) is 0 Å². The van der Waals surface area contributed by atoms with Gasteiger partial charge >= 0.3 is 0 Å². The molecule has 0 heterocycles. The van der Waals surface area contributed by atoms with Gasteiger partial charge in [-0.25, -0.2) is 0 Å². The maximum atomic E-state index is 10.0. The predicted molar refractivity (Wildman–Crippen MR) is 51.8 cm³/mol. The Morgan fingerprint density at radius 3 is 2.08 bits per heavy atom. The van der Waals surface area contributed by atoms with E-state index < -0.39 is 0 Å². The molecule has 1 rings (SSSR count). The average Bonchev–Trinajstić information content (AvgIpc) is 2.04. The second kappa shape index (κ2) is 3.60. The molecule has 0 aliphatic heterocycles. The minimum Gasteiger partial charge on any atom is -0.429 e. The summed E-state index contributed by atoms with van der Waals surface area (Å²) in [5, 5.41) is 0. The van der Waals surface area contributed by atoms with E-state index in [2.05, 4.69) is 20.8 Å². The van der Waals surface area contributed by atoms with Crippen LogP contribution in [0, 0.1) is 0 Å². The quantitative estimate of drug-likeness (QED) is 0.650. The lowest BCUT2D eigenvalue weighted by molar-refractivity contribution is -0.120. The normalized spacial score (nSPS) is 11.0. The van der Waals surface area contributed by atoms with Crippen LogP contribution in [0.25, 0.3) is 0 Å². The molecule has 70 valence electrons. The molecule has 0 aromatic heterocycles. The first-order valence-corrected chi connectivity index (χ1v) is 4.25. The first kappa shape index (κ1) is 9.78. The zero-order chi connectivity index (χ0) is 9.90. The van der Waals surface area contributed by atoms with E-state index in [4.69, 9.17) is 4.74 Å². The Morgan fingerprint density at radius 1 is 1.15 bits per heavy atom. The van der Waals surface area contributed by atoms with Crippen LogP contribution in [0.2, 0.25) is 0 Å². The van der Waals surface area contributed by atoms with Crippen LogP contribution in [0.3, 0.4) is 0 Å². The molecule has 0 aliphatic rings. The van der Waals surface area contributed by atoms with Gasteiger partial charge < -0.3 is 4.74 Å². The Labute approximate surface area is 78.5 Å². The fourth-order valence-electron chi connectivity index (χ4n) is 1.09. The van der Waals surface area contributed by atoms with Crippen LogP contribution in [-0.4, -0.2) is 6.47 Å². The maximum absolute atomic E-state index is 10.0. The van der Waals surface area contributed by atoms with Gasteiger partial charge in [-0.1, -0.05) is 32.9 Å². The first-order chi connectivity index (χ1) is 6.04. The van der Waals surface area contributed by atoms with Crippen molar-refractivity contribution in [3.8, 4) is 5.75 Å². The molecule has 0 radical (unpaired) electrons. The van der Waals surface area contributed by atoms with Crippen LogP contribution in [0.15, 0.2) is 24.3 Å². The third-order valence-electron chi connectivity index (χ3n) is 1.90. The Balaban J connectivity index is 2.87. The van der Waals surface area contributed by atoms with Crippen LogP contribution >= 0.6 is 0 Å². The van der Waals surface area contributed by atoms with Gasteiger partial charge in [-0.05, 0) is 23.1 Å². The highest BCUT2D eigenvalue weighted by Gasteiger charge is 2.12. The molecular formula is C11H14O2. The highest BCUT2D eigenvalue weighted by molar-refractivity contribution is 5.45. The summed E-state index contributed by atoms with van der Waals surface area (Å²) in [6, 6.07) is 7.54. The highest BCUT2D eigenvalue weighted by atomic mass is 16.5. The third-order valence-corrected chi connectivity index (χ3v) is 1.90. The summed E-state index contributed by atoms with van der Waals surface area (Å²) in [6.07, 6.45) is 0. The topological polar surface area (TPSA) is 26.3 Å². The fraction of sp³-hybridized carbons (Fsp3) is 0.364. The molecule has 13 heavy (non-hydrogen) atoms. The number of carbonyl (C=O) groups excluding carboxylic acids is 1. The Bertz CT molecular complexity index is 280. The lowest BCUT2D eigenvalue weighted by atomic mass is 9.87. The molecule has 0 amide bonds. The van der Waals surface area contributed by atoms with E-state index in [-0.39, 0.29) is 5.41 Å². The van der Waals surface area contributed by atoms with E-state index in [0.29, 0.717) is 12.2 Å². The second-order valence-electron chi connectivity index (χ2n) is 3.99. The van der Waals surface area contributed by atoms with E-state index in [9.17, 15) is 4.79 Å². The van der Waals surface area contributed by atoms with E-state index in [0.717, 1.165) is 0 Å². The number of ether oxygens (including phenoxy) is 1. The summed E-state index contributed by atoms with van der Waals surface area (Å²) in [7, 11) is 0. The van der Waals surface area contributed by atoms with Gasteiger partial charge in [0.15, 0.2) is 0 Å². The summed E-state index contributed by atoms with van der Waals surface area (Å²) in [5.74, 6) is 0.586. The zero-order valence-corrected chi connectivity index (χ0v) is 8.20. The molecule has 0 spiro atoms. The lowest BCUT2D eigenvalue weighted by Crippen LogP contribution is -2.10. The molecule has 2 heteroatoms. The summed E-state index contributed by atoms with van der Waals surface area (Å²) >= 11 is 0. The lowest BCUT2D eigenvalue weighted by Gasteiger charge is -2.18. The van der Waals surface area contributed by atoms with Crippen molar-refractivity contribution < 1.29 is 9.53 Å². The van der Waals surface area contributed by atoms with Crippen LogP contribution in [0.4, 0.5) is 0 Å². The monoisotopic (exact) mass is 178 g/mol. The first-order valence-electron chi connectivity index (χ1n) is 4.25. The molecule has 0 atom stereocenters. The van der Waals surface area contributed by atoms with Crippen LogP contribution in [0.5, 0.6) is 5.75 Å². The van der Waals surface area contributed by atoms with Crippen molar-refractivity contribution in [2.75, 3.05) is 0 Å². The van der Waals surface area contributed by atoms with Crippen molar-refractivity contribution in [3.05, 3.63) is 29.8 Å². The van der Waals surface area contributed by atoms with Crippen molar-refractivity contribution in [1.82, 2.24) is 0 Å². The molecular weight excluding hydrogens is 164 g/mol. The molecule has 0 aliphatic carbocycles. The van der Waals surface area contributed by atoms with Gasteiger partial charge in [0.1, 0.15) is 5.75 Å². The number of hydrogen-bond acceptors (Lipinski definition) is 2. The van der Waals surface area contributed by atoms with Crippen molar-refractivity contribution in [3.63, 3.8) is 0 Å².